The maximum atomic E-state index is 12.3. The Morgan fingerprint density at radius 3 is 2.60 bits per heavy atom. The van der Waals surface area contributed by atoms with Crippen LogP contribution in [0.3, 0.4) is 0 Å². The molecule has 0 radical (unpaired) electrons. The van der Waals surface area contributed by atoms with Gasteiger partial charge in [0.05, 0.1) is 11.5 Å². The maximum Gasteiger partial charge on any atom is 0.246 e. The largest absolute Gasteiger partial charge is 0.338 e. The van der Waals surface area contributed by atoms with E-state index < -0.39 is 9.84 Å². The Morgan fingerprint density at radius 1 is 1.24 bits per heavy atom. The van der Waals surface area contributed by atoms with Crippen LogP contribution < -0.4 is 0 Å². The van der Waals surface area contributed by atoms with Gasteiger partial charge in [0.2, 0.25) is 5.91 Å². The molecule has 0 aliphatic carbocycles. The fourth-order valence-corrected chi connectivity index (χ4v) is 5.56. The van der Waals surface area contributed by atoms with Crippen LogP contribution in [0.4, 0.5) is 0 Å². The average molecular weight is 396 g/mol. The second kappa shape index (κ2) is 7.32. The molecule has 0 N–H and O–H groups in total. The lowest BCUT2D eigenvalue weighted by Crippen LogP contribution is -2.36. The summed E-state index contributed by atoms with van der Waals surface area (Å²) in [5.74, 6) is 0.0421. The molecule has 7 heteroatoms. The summed E-state index contributed by atoms with van der Waals surface area (Å²) < 4.78 is 23.1. The molecule has 2 aromatic rings. The molecule has 1 amide bonds. The summed E-state index contributed by atoms with van der Waals surface area (Å²) in [4.78, 5) is 15.8. The summed E-state index contributed by atoms with van der Waals surface area (Å²) >= 11 is 7.48. The third-order valence-corrected chi connectivity index (χ3v) is 7.35. The zero-order valence-electron chi connectivity index (χ0n) is 13.7. The van der Waals surface area contributed by atoms with Gasteiger partial charge < -0.3 is 4.90 Å². The van der Waals surface area contributed by atoms with Gasteiger partial charge in [-0.2, -0.15) is 0 Å². The van der Waals surface area contributed by atoms with Gasteiger partial charge in [0.1, 0.15) is 0 Å². The Kier molecular flexibility index (Phi) is 5.32. The number of hydrogen-bond donors (Lipinski definition) is 0. The normalized spacial score (nSPS) is 19.4. The van der Waals surface area contributed by atoms with E-state index in [2.05, 4.69) is 0 Å². The Morgan fingerprint density at radius 2 is 1.96 bits per heavy atom. The minimum absolute atomic E-state index is 0.0583. The number of sulfone groups is 1. The van der Waals surface area contributed by atoms with Gasteiger partial charge in [-0.25, -0.2) is 8.42 Å². The number of nitrogens with zero attached hydrogens (tertiary/aromatic N) is 1. The van der Waals surface area contributed by atoms with Crippen LogP contribution in [0.1, 0.15) is 11.3 Å². The molecule has 4 nitrogen and oxygen atoms in total. The molecule has 0 unspecified atom stereocenters. The third-order valence-electron chi connectivity index (χ3n) is 4.25. The van der Waals surface area contributed by atoms with Crippen molar-refractivity contribution in [2.24, 2.45) is 0 Å². The van der Waals surface area contributed by atoms with E-state index in [-0.39, 0.29) is 23.5 Å². The van der Waals surface area contributed by atoms with Gasteiger partial charge >= 0.3 is 0 Å². The second-order valence-electron chi connectivity index (χ2n) is 6.05. The molecular formula is C18H18ClNO3S2. The van der Waals surface area contributed by atoms with E-state index >= 15 is 0 Å². The highest BCUT2D eigenvalue weighted by molar-refractivity contribution is 7.91. The van der Waals surface area contributed by atoms with Gasteiger partial charge in [0, 0.05) is 33.9 Å². The molecule has 132 valence electrons. The van der Waals surface area contributed by atoms with Crippen LogP contribution in [0.25, 0.3) is 16.5 Å². The molecule has 25 heavy (non-hydrogen) atoms. The van der Waals surface area contributed by atoms with Crippen molar-refractivity contribution in [2.75, 3.05) is 18.6 Å². The zero-order chi connectivity index (χ0) is 18.0. The quantitative estimate of drug-likeness (QED) is 0.741. The molecule has 1 aliphatic heterocycles. The monoisotopic (exact) mass is 395 g/mol. The number of halogens is 1. The smallest absolute Gasteiger partial charge is 0.246 e. The zero-order valence-corrected chi connectivity index (χ0v) is 16.1. The Labute approximate surface area is 156 Å². The van der Waals surface area contributed by atoms with Crippen LogP contribution in [-0.4, -0.2) is 43.8 Å². The summed E-state index contributed by atoms with van der Waals surface area (Å²) in [5.41, 5.74) is 1.08. The summed E-state index contributed by atoms with van der Waals surface area (Å²) in [7, 11) is -1.34. The first-order valence-electron chi connectivity index (χ1n) is 7.85. The van der Waals surface area contributed by atoms with Crippen LogP contribution in [-0.2, 0) is 14.6 Å². The fourth-order valence-electron chi connectivity index (χ4n) is 2.74. The van der Waals surface area contributed by atoms with Crippen LogP contribution in [0.2, 0.25) is 5.02 Å². The van der Waals surface area contributed by atoms with E-state index in [1.54, 1.807) is 24.5 Å². The highest BCUT2D eigenvalue weighted by atomic mass is 35.5. The van der Waals surface area contributed by atoms with Crippen molar-refractivity contribution in [3.05, 3.63) is 52.4 Å². The highest BCUT2D eigenvalue weighted by Crippen LogP contribution is 2.29. The predicted molar refractivity (Wildman–Crippen MR) is 104 cm³/mol. The first-order chi connectivity index (χ1) is 11.8. The topological polar surface area (TPSA) is 54.5 Å². The minimum Gasteiger partial charge on any atom is -0.338 e. The number of likely N-dealkylation sites (N-methyl/N-ethyl adjacent to an activating group) is 1. The first-order valence-corrected chi connectivity index (χ1v) is 10.9. The lowest BCUT2D eigenvalue weighted by Gasteiger charge is -2.21. The number of carbonyl (C=O) groups is 1. The average Bonchev–Trinajstić information content (AvgIpc) is 3.19. The molecule has 0 bridgehead atoms. The summed E-state index contributed by atoms with van der Waals surface area (Å²) in [6.45, 7) is 0. The van der Waals surface area contributed by atoms with Crippen molar-refractivity contribution in [3.8, 4) is 10.4 Å². The van der Waals surface area contributed by atoms with E-state index in [1.807, 2.05) is 36.4 Å². The molecule has 1 aromatic carbocycles. The number of thiophene rings is 1. The second-order valence-corrected chi connectivity index (χ2v) is 9.83. The van der Waals surface area contributed by atoms with E-state index in [0.29, 0.717) is 11.4 Å². The van der Waals surface area contributed by atoms with Crippen LogP contribution in [0.5, 0.6) is 0 Å². The Hall–Kier alpha value is -1.63. The highest BCUT2D eigenvalue weighted by Gasteiger charge is 2.32. The van der Waals surface area contributed by atoms with Crippen molar-refractivity contribution >= 4 is 44.8 Å². The van der Waals surface area contributed by atoms with E-state index in [1.165, 1.54) is 11.0 Å². The van der Waals surface area contributed by atoms with Crippen LogP contribution >= 0.6 is 22.9 Å². The van der Waals surface area contributed by atoms with Gasteiger partial charge in [-0.3, -0.25) is 4.79 Å². The Balaban J connectivity index is 1.66. The van der Waals surface area contributed by atoms with E-state index in [0.717, 1.165) is 15.3 Å². The fraction of sp³-hybridized carbons (Fsp3) is 0.278. The number of hydrogen-bond acceptors (Lipinski definition) is 4. The molecule has 0 saturated carbocycles. The predicted octanol–water partition coefficient (Wildman–Crippen LogP) is 3.73. The van der Waals surface area contributed by atoms with Crippen molar-refractivity contribution in [1.82, 2.24) is 4.90 Å². The van der Waals surface area contributed by atoms with E-state index in [4.69, 9.17) is 11.6 Å². The van der Waals surface area contributed by atoms with Crippen molar-refractivity contribution < 1.29 is 13.2 Å². The number of benzene rings is 1. The molecule has 1 fully saturated rings. The molecular weight excluding hydrogens is 378 g/mol. The summed E-state index contributed by atoms with van der Waals surface area (Å²) in [6, 6.07) is 11.3. The number of amides is 1. The van der Waals surface area contributed by atoms with Crippen LogP contribution in [0, 0.1) is 0 Å². The SMILES string of the molecule is CN(C(=O)/C=C/c1ccc(-c2ccc(Cl)cc2)s1)[C@H]1CCS(=O)(=O)C1. The van der Waals surface area contributed by atoms with Crippen molar-refractivity contribution in [1.29, 1.82) is 0 Å². The molecule has 1 saturated heterocycles. The van der Waals surface area contributed by atoms with Gasteiger partial charge in [0.25, 0.3) is 0 Å². The number of carbonyl (C=O) groups excluding carboxylic acids is 1. The lowest BCUT2D eigenvalue weighted by molar-refractivity contribution is -0.126. The summed E-state index contributed by atoms with van der Waals surface area (Å²) in [6.07, 6.45) is 3.78. The van der Waals surface area contributed by atoms with E-state index in [9.17, 15) is 13.2 Å². The molecule has 1 atom stereocenters. The first kappa shape index (κ1) is 18.2. The van der Waals surface area contributed by atoms with Crippen LogP contribution in [0.15, 0.2) is 42.5 Å². The molecule has 2 heterocycles. The number of rotatable bonds is 4. The molecule has 0 spiro atoms. The molecule has 1 aliphatic rings. The van der Waals surface area contributed by atoms with Crippen molar-refractivity contribution in [3.63, 3.8) is 0 Å². The maximum absolute atomic E-state index is 12.3. The van der Waals surface area contributed by atoms with Gasteiger partial charge in [0.15, 0.2) is 9.84 Å². The van der Waals surface area contributed by atoms with Crippen molar-refractivity contribution in [2.45, 2.75) is 12.5 Å². The standard InChI is InChI=1S/C18H18ClNO3S2/c1-20(15-10-11-25(22,23)12-15)18(21)9-7-16-6-8-17(24-16)13-2-4-14(19)5-3-13/h2-9,15H,10-12H2,1H3/b9-7+/t15-/m0/s1. The Bertz CT molecular complexity index is 901. The van der Waals surface area contributed by atoms with Gasteiger partial charge in [-0.15, -0.1) is 11.3 Å². The third kappa shape index (κ3) is 4.51. The lowest BCUT2D eigenvalue weighted by atomic mass is 10.2. The minimum atomic E-state index is -3.00. The molecule has 1 aromatic heterocycles. The van der Waals surface area contributed by atoms with Gasteiger partial charge in [-0.1, -0.05) is 23.7 Å². The molecule has 3 rings (SSSR count). The van der Waals surface area contributed by atoms with Gasteiger partial charge in [-0.05, 0) is 42.3 Å². The summed E-state index contributed by atoms with van der Waals surface area (Å²) in [5, 5.41) is 0.697.